The molecule has 3 aromatic rings. The molecule has 29 nitrogen and oxygen atoms in total. The van der Waals surface area contributed by atoms with Crippen LogP contribution in [0, 0.1) is 26.1 Å². The van der Waals surface area contributed by atoms with E-state index < -0.39 is 148 Å². The number of aliphatic hydroxyl groups is 4. The highest BCUT2D eigenvalue weighted by Gasteiger charge is 2.36. The second-order valence-corrected chi connectivity index (χ2v) is 18.0. The van der Waals surface area contributed by atoms with Gasteiger partial charge in [0.2, 0.25) is 41.4 Å². The smallest absolute Gasteiger partial charge is 0.326 e. The third-order valence-corrected chi connectivity index (χ3v) is 11.5. The number of anilines is 1. The predicted molar refractivity (Wildman–Crippen MR) is 266 cm³/mol. The molecule has 412 valence electrons. The summed E-state index contributed by atoms with van der Waals surface area (Å²) in [7, 11) is 0. The molecule has 0 aliphatic heterocycles. The number of aromatic nitrogens is 1. The fourth-order valence-electron chi connectivity index (χ4n) is 7.46. The fourth-order valence-corrected chi connectivity index (χ4v) is 7.46. The van der Waals surface area contributed by atoms with E-state index in [1.54, 1.807) is 44.3 Å². The van der Waals surface area contributed by atoms with Gasteiger partial charge < -0.3 is 78.8 Å². The van der Waals surface area contributed by atoms with E-state index in [0.29, 0.717) is 18.1 Å². The lowest BCUT2D eigenvalue weighted by molar-refractivity contribution is -0.393. The van der Waals surface area contributed by atoms with E-state index in [1.165, 1.54) is 0 Å². The van der Waals surface area contributed by atoms with Gasteiger partial charge in [-0.05, 0) is 76.6 Å². The van der Waals surface area contributed by atoms with Crippen LogP contribution in [-0.2, 0) is 44.8 Å². The molecule has 1 aromatic heterocycles. The Kier molecular flexibility index (Phi) is 23.9. The number of nitro benzene ring substituents is 2. The van der Waals surface area contributed by atoms with Gasteiger partial charge in [0.1, 0.15) is 54.0 Å². The summed E-state index contributed by atoms with van der Waals surface area (Å²) in [5, 5.41) is 93.3. The highest BCUT2D eigenvalue weighted by atomic mass is 16.6. The molecule has 0 bridgehead atoms. The molecule has 75 heavy (non-hydrogen) atoms. The SMILES string of the molecule is CC(C)C[C@H](NC(=O)[C@H](CCCCN)NC(=O)[C@@H](NC(=O)[C@H](C)NC(=O)[C@@H](NC(=O)[C@H](CO)Nc1ccc([N+](=O)[O-])cc1[N+](=O)[O-])[C@@H](C)O)[C@@H](C)O)C(=O)N[C@@H](CO)C(=O)N[C@@H](Cc1c[nH]c2ccccc12)C(=O)O. The molecule has 10 atom stereocenters. The maximum atomic E-state index is 13.9. The third-order valence-electron chi connectivity index (χ3n) is 11.5. The first-order valence-corrected chi connectivity index (χ1v) is 23.7. The summed E-state index contributed by atoms with van der Waals surface area (Å²) in [6, 6.07) is -3.33. The van der Waals surface area contributed by atoms with E-state index in [-0.39, 0.29) is 38.1 Å². The molecular formula is C46H66N12O17. The third kappa shape index (κ3) is 18.2. The highest BCUT2D eigenvalue weighted by Crippen LogP contribution is 2.29. The van der Waals surface area contributed by atoms with Crippen molar-refractivity contribution in [3.8, 4) is 0 Å². The second-order valence-electron chi connectivity index (χ2n) is 18.0. The zero-order valence-electron chi connectivity index (χ0n) is 41.7. The number of nitrogens with one attached hydrogen (secondary N) is 9. The molecular weight excluding hydrogens is 993 g/mol. The quantitative estimate of drug-likeness (QED) is 0.0179. The van der Waals surface area contributed by atoms with Crippen LogP contribution >= 0.6 is 0 Å². The number of para-hydroxylation sites is 1. The van der Waals surface area contributed by atoms with Crippen LogP contribution in [0.5, 0.6) is 0 Å². The van der Waals surface area contributed by atoms with Crippen LogP contribution in [-0.4, -0.2) is 168 Å². The maximum Gasteiger partial charge on any atom is 0.326 e. The van der Waals surface area contributed by atoms with Crippen molar-refractivity contribution in [1.82, 2.24) is 42.2 Å². The van der Waals surface area contributed by atoms with Gasteiger partial charge in [0.25, 0.3) is 11.4 Å². The number of carboxylic acid groups (broad SMARTS) is 1. The van der Waals surface area contributed by atoms with Crippen molar-refractivity contribution >= 4 is 75.3 Å². The first-order valence-electron chi connectivity index (χ1n) is 23.7. The Morgan fingerprint density at radius 3 is 1.73 bits per heavy atom. The fraction of sp³-hybridized carbons (Fsp3) is 0.522. The number of hydrogen-bond donors (Lipinski definition) is 15. The number of nitrogens with two attached hydrogens (primary N) is 1. The van der Waals surface area contributed by atoms with Gasteiger partial charge in [-0.1, -0.05) is 32.0 Å². The molecule has 16 N–H and O–H groups in total. The van der Waals surface area contributed by atoms with Crippen LogP contribution in [0.4, 0.5) is 17.1 Å². The minimum Gasteiger partial charge on any atom is -0.480 e. The Hall–Kier alpha value is -7.86. The number of nitro groups is 2. The van der Waals surface area contributed by atoms with Gasteiger partial charge in [0.15, 0.2) is 0 Å². The molecule has 0 radical (unpaired) electrons. The number of carboxylic acids is 1. The molecule has 0 unspecified atom stereocenters. The Bertz CT molecular complexity index is 2520. The lowest BCUT2D eigenvalue weighted by Gasteiger charge is -2.28. The van der Waals surface area contributed by atoms with Crippen molar-refractivity contribution < 1.29 is 73.7 Å². The Morgan fingerprint density at radius 2 is 1.17 bits per heavy atom. The molecule has 3 rings (SSSR count). The number of H-pyrrole nitrogens is 1. The molecule has 0 aliphatic rings. The summed E-state index contributed by atoms with van der Waals surface area (Å²) in [6.45, 7) is 5.00. The number of aliphatic hydroxyl groups excluding tert-OH is 4. The van der Waals surface area contributed by atoms with E-state index in [2.05, 4.69) is 47.5 Å². The lowest BCUT2D eigenvalue weighted by atomic mass is 10.0. The summed E-state index contributed by atoms with van der Waals surface area (Å²) in [4.78, 5) is 131. The summed E-state index contributed by atoms with van der Waals surface area (Å²) in [5.74, 6) is -9.09. The largest absolute Gasteiger partial charge is 0.480 e. The van der Waals surface area contributed by atoms with Gasteiger partial charge in [0, 0.05) is 29.6 Å². The van der Waals surface area contributed by atoms with E-state index in [9.17, 15) is 84.1 Å². The summed E-state index contributed by atoms with van der Waals surface area (Å²) >= 11 is 0. The van der Waals surface area contributed by atoms with Crippen molar-refractivity contribution in [2.24, 2.45) is 11.7 Å². The summed E-state index contributed by atoms with van der Waals surface area (Å²) in [5.41, 5.74) is 5.11. The van der Waals surface area contributed by atoms with Crippen LogP contribution in [0.25, 0.3) is 10.9 Å². The Labute approximate surface area is 428 Å². The van der Waals surface area contributed by atoms with E-state index >= 15 is 0 Å². The minimum absolute atomic E-state index is 0.0272. The number of unbranched alkanes of at least 4 members (excludes halogenated alkanes) is 1. The molecule has 0 fully saturated rings. The van der Waals surface area contributed by atoms with Crippen molar-refractivity contribution in [3.05, 3.63) is 74.5 Å². The topological polar surface area (TPSA) is 462 Å². The predicted octanol–water partition coefficient (Wildman–Crippen LogP) is -2.57. The molecule has 29 heteroatoms. The monoisotopic (exact) mass is 1060 g/mol. The standard InChI is InChI=1S/C46H66N12O17/c1-22(2)16-32(41(65)54-35(21-60)42(66)53-33(46(70)71)17-26-19-48-29-11-7-6-10-28(26)29)52-40(64)31(12-8-9-15-47)51-45(69)38(25(5)62)55-39(63)23(3)49-44(68)37(24(4)61)56-43(67)34(20-59)50-30-14-13-27(57(72)73)18-36(30)58(74)75/h6-7,10-11,13-14,18-19,22-25,31-35,37-38,48,50,59-62H,8-9,12,15-17,20-21,47H2,1-5H3,(H,49,68)(H,51,69)(H,52,64)(H,53,66)(H,54,65)(H,55,63)(H,56,67)(H,70,71)/t23-,24+,25+,31-,32-,33-,34-,35-,37-,38-/m0/s1. The molecule has 2 aromatic carbocycles. The number of carbonyl (C=O) groups excluding carboxylic acids is 7. The molecule has 7 amide bonds. The number of rotatable bonds is 31. The number of benzene rings is 2. The summed E-state index contributed by atoms with van der Waals surface area (Å²) in [6.07, 6.45) is -1.33. The number of aliphatic carboxylic acids is 1. The van der Waals surface area contributed by atoms with Gasteiger partial charge in [-0.2, -0.15) is 0 Å². The lowest BCUT2D eigenvalue weighted by Crippen LogP contribution is -2.62. The zero-order chi connectivity index (χ0) is 56.3. The van der Waals surface area contributed by atoms with E-state index in [1.807, 2.05) is 0 Å². The normalized spacial score (nSPS) is 15.2. The number of carbonyl (C=O) groups is 8. The number of nitrogens with zero attached hydrogens (tertiary/aromatic N) is 2. The van der Waals surface area contributed by atoms with E-state index in [0.717, 1.165) is 43.8 Å². The Balaban J connectivity index is 1.72. The van der Waals surface area contributed by atoms with Crippen LogP contribution in [0.15, 0.2) is 48.7 Å². The van der Waals surface area contributed by atoms with Crippen molar-refractivity contribution in [2.45, 2.75) is 127 Å². The highest BCUT2D eigenvalue weighted by molar-refractivity contribution is 5.98. The van der Waals surface area contributed by atoms with Crippen LogP contribution in [0.1, 0.15) is 65.9 Å². The number of amides is 7. The zero-order valence-corrected chi connectivity index (χ0v) is 41.7. The van der Waals surface area contributed by atoms with Crippen LogP contribution in [0.3, 0.4) is 0 Å². The maximum absolute atomic E-state index is 13.9. The first kappa shape index (κ1) is 61.4. The van der Waals surface area contributed by atoms with Crippen molar-refractivity contribution in [2.75, 3.05) is 25.1 Å². The van der Waals surface area contributed by atoms with E-state index in [4.69, 9.17) is 5.73 Å². The number of non-ortho nitro benzene ring substituents is 1. The first-order chi connectivity index (χ1) is 35.3. The molecule has 0 spiro atoms. The number of fused-ring (bicyclic) bond motifs is 1. The van der Waals surface area contributed by atoms with Crippen molar-refractivity contribution in [3.63, 3.8) is 0 Å². The van der Waals surface area contributed by atoms with Gasteiger partial charge in [-0.15, -0.1) is 0 Å². The molecule has 0 saturated carbocycles. The van der Waals surface area contributed by atoms with Gasteiger partial charge >= 0.3 is 5.97 Å². The molecule has 1 heterocycles. The summed E-state index contributed by atoms with van der Waals surface area (Å²) < 4.78 is 0. The second kappa shape index (κ2) is 29.1. The minimum atomic E-state index is -1.83. The van der Waals surface area contributed by atoms with Gasteiger partial charge in [-0.25, -0.2) is 4.79 Å². The van der Waals surface area contributed by atoms with Gasteiger partial charge in [-0.3, -0.25) is 53.8 Å². The number of hydrogen-bond acceptors (Lipinski definition) is 18. The Morgan fingerprint density at radius 1 is 0.640 bits per heavy atom. The van der Waals surface area contributed by atoms with Crippen molar-refractivity contribution in [1.29, 1.82) is 0 Å². The average molecular weight is 1060 g/mol. The molecule has 0 aliphatic carbocycles. The van der Waals surface area contributed by atoms with Crippen LogP contribution < -0.4 is 48.3 Å². The average Bonchev–Trinajstić information content (AvgIpc) is 3.76. The van der Waals surface area contributed by atoms with Gasteiger partial charge in [0.05, 0.1) is 41.3 Å². The number of aromatic amines is 1. The molecule has 0 saturated heterocycles. The van der Waals surface area contributed by atoms with Crippen LogP contribution in [0.2, 0.25) is 0 Å².